The molecule has 0 aromatic heterocycles. The SMILES string of the molecule is CC(=O)N1CCC2(CCN2N)C1. The minimum atomic E-state index is 0.145. The van der Waals surface area contributed by atoms with Crippen LogP contribution in [0.2, 0.25) is 0 Å². The lowest BCUT2D eigenvalue weighted by molar-refractivity contribution is -0.129. The monoisotopic (exact) mass is 169 g/mol. The van der Waals surface area contributed by atoms with Gasteiger partial charge in [0.05, 0.1) is 5.54 Å². The van der Waals surface area contributed by atoms with Gasteiger partial charge in [0.15, 0.2) is 0 Å². The Morgan fingerprint density at radius 2 is 2.08 bits per heavy atom. The molecule has 2 aliphatic heterocycles. The first-order valence-electron chi connectivity index (χ1n) is 4.42. The van der Waals surface area contributed by atoms with Gasteiger partial charge in [0.2, 0.25) is 5.91 Å². The number of nitrogens with two attached hydrogens (primary N) is 1. The molecule has 2 fully saturated rings. The first-order chi connectivity index (χ1) is 5.64. The fraction of sp³-hybridized carbons (Fsp3) is 0.875. The van der Waals surface area contributed by atoms with Gasteiger partial charge in [0.1, 0.15) is 0 Å². The number of hydrazine groups is 1. The molecule has 0 aromatic carbocycles. The number of likely N-dealkylation sites (tertiary alicyclic amines) is 1. The molecule has 2 saturated heterocycles. The summed E-state index contributed by atoms with van der Waals surface area (Å²) in [5, 5.41) is 1.88. The van der Waals surface area contributed by atoms with Gasteiger partial charge >= 0.3 is 0 Å². The number of carbonyl (C=O) groups is 1. The van der Waals surface area contributed by atoms with Crippen molar-refractivity contribution < 1.29 is 4.79 Å². The van der Waals surface area contributed by atoms with E-state index < -0.39 is 0 Å². The molecule has 0 bridgehead atoms. The molecule has 4 nitrogen and oxygen atoms in total. The maximum absolute atomic E-state index is 11.0. The smallest absolute Gasteiger partial charge is 0.219 e. The van der Waals surface area contributed by atoms with Gasteiger partial charge < -0.3 is 4.90 Å². The zero-order valence-electron chi connectivity index (χ0n) is 7.42. The Labute approximate surface area is 72.3 Å². The molecule has 12 heavy (non-hydrogen) atoms. The van der Waals surface area contributed by atoms with Crippen LogP contribution in [0.1, 0.15) is 19.8 Å². The zero-order chi connectivity index (χ0) is 8.77. The van der Waals surface area contributed by atoms with Crippen molar-refractivity contribution in [2.45, 2.75) is 25.3 Å². The summed E-state index contributed by atoms with van der Waals surface area (Å²) < 4.78 is 0. The number of amides is 1. The Hall–Kier alpha value is -0.610. The van der Waals surface area contributed by atoms with Crippen LogP contribution in [0.15, 0.2) is 0 Å². The van der Waals surface area contributed by atoms with E-state index in [0.717, 1.165) is 32.5 Å². The first-order valence-corrected chi connectivity index (χ1v) is 4.42. The number of nitrogens with zero attached hydrogens (tertiary/aromatic N) is 2. The molecule has 68 valence electrons. The summed E-state index contributed by atoms with van der Waals surface area (Å²) in [6.07, 6.45) is 2.19. The second-order valence-electron chi connectivity index (χ2n) is 3.86. The van der Waals surface area contributed by atoms with E-state index >= 15 is 0 Å². The number of hydrogen-bond acceptors (Lipinski definition) is 3. The molecule has 2 aliphatic rings. The van der Waals surface area contributed by atoms with E-state index in [1.807, 2.05) is 9.91 Å². The summed E-state index contributed by atoms with van der Waals surface area (Å²) in [7, 11) is 0. The van der Waals surface area contributed by atoms with Crippen LogP contribution in [0.4, 0.5) is 0 Å². The predicted octanol–water partition coefficient (Wildman–Crippen LogP) is -0.443. The summed E-state index contributed by atoms with van der Waals surface area (Å²) >= 11 is 0. The van der Waals surface area contributed by atoms with E-state index in [4.69, 9.17) is 5.84 Å². The van der Waals surface area contributed by atoms with E-state index in [1.165, 1.54) is 0 Å². The third kappa shape index (κ3) is 0.949. The van der Waals surface area contributed by atoms with Crippen LogP contribution in [-0.4, -0.2) is 41.0 Å². The molecule has 2 N–H and O–H groups in total. The molecular weight excluding hydrogens is 154 g/mol. The molecular formula is C8H15N3O. The minimum absolute atomic E-state index is 0.145. The lowest BCUT2D eigenvalue weighted by Crippen LogP contribution is -2.64. The predicted molar refractivity (Wildman–Crippen MR) is 45.1 cm³/mol. The molecule has 1 atom stereocenters. The van der Waals surface area contributed by atoms with Gasteiger partial charge in [-0.05, 0) is 12.8 Å². The molecule has 4 heteroatoms. The molecule has 1 amide bonds. The van der Waals surface area contributed by atoms with Crippen molar-refractivity contribution in [2.75, 3.05) is 19.6 Å². The van der Waals surface area contributed by atoms with Crippen molar-refractivity contribution in [2.24, 2.45) is 5.84 Å². The second-order valence-corrected chi connectivity index (χ2v) is 3.86. The molecule has 0 aromatic rings. The average Bonchev–Trinajstić information content (AvgIpc) is 2.48. The van der Waals surface area contributed by atoms with E-state index in [2.05, 4.69) is 0 Å². The molecule has 2 heterocycles. The van der Waals surface area contributed by atoms with E-state index in [1.54, 1.807) is 6.92 Å². The third-order valence-electron chi connectivity index (χ3n) is 3.20. The minimum Gasteiger partial charge on any atom is -0.341 e. The highest BCUT2D eigenvalue weighted by atomic mass is 16.2. The van der Waals surface area contributed by atoms with Gasteiger partial charge in [-0.25, -0.2) is 5.01 Å². The number of hydrogen-bond donors (Lipinski definition) is 1. The van der Waals surface area contributed by atoms with Crippen LogP contribution < -0.4 is 5.84 Å². The van der Waals surface area contributed by atoms with Crippen LogP contribution in [0.5, 0.6) is 0 Å². The number of rotatable bonds is 0. The normalized spacial score (nSPS) is 35.7. The Morgan fingerprint density at radius 3 is 2.33 bits per heavy atom. The van der Waals surface area contributed by atoms with Crippen molar-refractivity contribution in [3.05, 3.63) is 0 Å². The Morgan fingerprint density at radius 1 is 1.42 bits per heavy atom. The highest BCUT2D eigenvalue weighted by Gasteiger charge is 2.48. The van der Waals surface area contributed by atoms with Crippen molar-refractivity contribution in [1.29, 1.82) is 0 Å². The van der Waals surface area contributed by atoms with Gasteiger partial charge in [-0.3, -0.25) is 10.6 Å². The quantitative estimate of drug-likeness (QED) is 0.500. The summed E-state index contributed by atoms with van der Waals surface area (Å²) in [4.78, 5) is 12.9. The first kappa shape index (κ1) is 8.01. The maximum atomic E-state index is 11.0. The highest BCUT2D eigenvalue weighted by Crippen LogP contribution is 2.36. The summed E-state index contributed by atoms with van der Waals surface area (Å²) in [6, 6.07) is 0. The average molecular weight is 169 g/mol. The highest BCUT2D eigenvalue weighted by molar-refractivity contribution is 5.73. The van der Waals surface area contributed by atoms with E-state index in [0.29, 0.717) is 0 Å². The number of carbonyl (C=O) groups excluding carboxylic acids is 1. The van der Waals surface area contributed by atoms with Crippen molar-refractivity contribution >= 4 is 5.91 Å². The molecule has 0 saturated carbocycles. The summed E-state index contributed by atoms with van der Waals surface area (Å²) in [5.41, 5.74) is 0.145. The fourth-order valence-electron chi connectivity index (χ4n) is 2.12. The van der Waals surface area contributed by atoms with Crippen LogP contribution in [0, 0.1) is 0 Å². The van der Waals surface area contributed by atoms with Gasteiger partial charge in [-0.15, -0.1) is 0 Å². The molecule has 1 unspecified atom stereocenters. The largest absolute Gasteiger partial charge is 0.341 e. The van der Waals surface area contributed by atoms with Crippen molar-refractivity contribution in [3.8, 4) is 0 Å². The van der Waals surface area contributed by atoms with Gasteiger partial charge in [-0.2, -0.15) is 0 Å². The maximum Gasteiger partial charge on any atom is 0.219 e. The Balaban J connectivity index is 2.02. The Kier molecular flexibility index (Phi) is 1.63. The topological polar surface area (TPSA) is 49.6 Å². The molecule has 2 rings (SSSR count). The van der Waals surface area contributed by atoms with Crippen molar-refractivity contribution in [1.82, 2.24) is 9.91 Å². The van der Waals surface area contributed by atoms with Crippen molar-refractivity contribution in [3.63, 3.8) is 0 Å². The van der Waals surface area contributed by atoms with Crippen LogP contribution in [0.3, 0.4) is 0 Å². The van der Waals surface area contributed by atoms with Gasteiger partial charge in [0, 0.05) is 26.6 Å². The standard InChI is InChI=1S/C8H15N3O/c1-7(12)10-4-2-8(6-10)3-5-11(8)9/h2-6,9H2,1H3. The summed E-state index contributed by atoms with van der Waals surface area (Å²) in [5.74, 6) is 5.95. The molecule has 1 spiro atoms. The van der Waals surface area contributed by atoms with Gasteiger partial charge in [0.25, 0.3) is 0 Å². The summed E-state index contributed by atoms with van der Waals surface area (Å²) in [6.45, 7) is 4.31. The fourth-order valence-corrected chi connectivity index (χ4v) is 2.12. The molecule has 0 radical (unpaired) electrons. The van der Waals surface area contributed by atoms with Gasteiger partial charge in [-0.1, -0.05) is 0 Å². The lowest BCUT2D eigenvalue weighted by atomic mass is 9.86. The Bertz CT molecular complexity index is 218. The van der Waals surface area contributed by atoms with Crippen LogP contribution >= 0.6 is 0 Å². The lowest BCUT2D eigenvalue weighted by Gasteiger charge is -2.47. The third-order valence-corrected chi connectivity index (χ3v) is 3.20. The molecule has 0 aliphatic carbocycles. The van der Waals surface area contributed by atoms with Crippen LogP contribution in [0.25, 0.3) is 0 Å². The van der Waals surface area contributed by atoms with Crippen LogP contribution in [-0.2, 0) is 4.79 Å². The second kappa shape index (κ2) is 2.44. The zero-order valence-corrected chi connectivity index (χ0v) is 7.42. The van der Waals surface area contributed by atoms with E-state index in [9.17, 15) is 4.79 Å². The van der Waals surface area contributed by atoms with E-state index in [-0.39, 0.29) is 11.4 Å².